The highest BCUT2D eigenvalue weighted by Crippen LogP contribution is 2.40. The molecule has 0 aliphatic carbocycles. The second kappa shape index (κ2) is 10.3. The van der Waals surface area contributed by atoms with E-state index in [-0.39, 0.29) is 37.0 Å². The number of aromatic nitrogens is 3. The lowest BCUT2D eigenvalue weighted by molar-refractivity contribution is -0.137. The molecule has 1 aliphatic heterocycles. The van der Waals surface area contributed by atoms with Gasteiger partial charge in [-0.3, -0.25) is 4.90 Å². The fraction of sp³-hybridized carbons (Fsp3) is 0.462. The lowest BCUT2D eigenvalue weighted by atomic mass is 10.0. The van der Waals surface area contributed by atoms with Crippen molar-refractivity contribution >= 4 is 38.9 Å². The second-order valence-corrected chi connectivity index (χ2v) is 11.7. The van der Waals surface area contributed by atoms with Crippen molar-refractivity contribution < 1.29 is 27.4 Å². The zero-order valence-corrected chi connectivity index (χ0v) is 23.6. The number of amides is 1. The van der Waals surface area contributed by atoms with Crippen LogP contribution < -0.4 is 5.32 Å². The van der Waals surface area contributed by atoms with E-state index in [9.17, 15) is 23.2 Å². The van der Waals surface area contributed by atoms with Gasteiger partial charge in [-0.25, -0.2) is 14.8 Å². The Hall–Kier alpha value is -3.37. The highest BCUT2D eigenvalue weighted by Gasteiger charge is 2.39. The number of halogens is 4. The van der Waals surface area contributed by atoms with Gasteiger partial charge in [0.15, 0.2) is 0 Å². The Morgan fingerprint density at radius 1 is 1.33 bits per heavy atom. The average molecular weight is 609 g/mol. The fourth-order valence-corrected chi connectivity index (χ4v) is 4.82. The summed E-state index contributed by atoms with van der Waals surface area (Å²) in [6.07, 6.45) is -3.10. The molecule has 1 saturated heterocycles. The molecule has 39 heavy (non-hydrogen) atoms. The number of aromatic amines is 1. The molecule has 1 aromatic carbocycles. The van der Waals surface area contributed by atoms with E-state index in [0.717, 1.165) is 6.20 Å². The molecule has 208 valence electrons. The van der Waals surface area contributed by atoms with Crippen LogP contribution in [0.2, 0.25) is 0 Å². The van der Waals surface area contributed by atoms with Crippen molar-refractivity contribution in [3.05, 3.63) is 40.1 Å². The fourth-order valence-electron chi connectivity index (χ4n) is 4.27. The topological polar surface area (TPSA) is 116 Å². The molecule has 1 aliphatic rings. The number of fused-ring (bicyclic) bond motifs is 1. The smallest absolute Gasteiger partial charge is 0.419 e. The molecule has 9 nitrogen and oxygen atoms in total. The van der Waals surface area contributed by atoms with E-state index >= 15 is 0 Å². The summed E-state index contributed by atoms with van der Waals surface area (Å²) in [4.78, 5) is 25.7. The summed E-state index contributed by atoms with van der Waals surface area (Å²) in [5.74, 6) is -0.0579. The molecule has 1 fully saturated rings. The van der Waals surface area contributed by atoms with Gasteiger partial charge in [0.2, 0.25) is 5.95 Å². The number of alkyl halides is 3. The molecule has 4 rings (SSSR count). The van der Waals surface area contributed by atoms with E-state index in [4.69, 9.17) is 9.47 Å². The van der Waals surface area contributed by atoms with E-state index < -0.39 is 35.0 Å². The van der Waals surface area contributed by atoms with E-state index in [2.05, 4.69) is 36.2 Å². The first-order chi connectivity index (χ1) is 18.1. The number of nitriles is 1. The zero-order valence-electron chi connectivity index (χ0n) is 22.0. The number of rotatable bonds is 3. The molecular formula is C26H28BrF3N6O3. The van der Waals surface area contributed by atoms with Crippen LogP contribution in [0.3, 0.4) is 0 Å². The van der Waals surface area contributed by atoms with Crippen LogP contribution in [-0.4, -0.2) is 62.9 Å². The molecule has 0 saturated carbocycles. The number of nitrogens with zero attached hydrogens (tertiary/aromatic N) is 4. The van der Waals surface area contributed by atoms with Gasteiger partial charge >= 0.3 is 12.3 Å². The van der Waals surface area contributed by atoms with Gasteiger partial charge in [0.1, 0.15) is 17.2 Å². The molecule has 1 unspecified atom stereocenters. The number of benzene rings is 1. The lowest BCUT2D eigenvalue weighted by Crippen LogP contribution is -2.53. The average Bonchev–Trinajstić information content (AvgIpc) is 3.18. The van der Waals surface area contributed by atoms with Crippen molar-refractivity contribution in [3.8, 4) is 17.3 Å². The quantitative estimate of drug-likeness (QED) is 0.369. The van der Waals surface area contributed by atoms with E-state index in [1.165, 1.54) is 17.2 Å². The molecular weight excluding hydrogens is 581 g/mol. The number of hydrogen-bond acceptors (Lipinski definition) is 7. The molecule has 0 bridgehead atoms. The summed E-state index contributed by atoms with van der Waals surface area (Å²) in [5.41, 5.74) is -1.74. The van der Waals surface area contributed by atoms with Gasteiger partial charge in [-0.15, -0.1) is 0 Å². The maximum absolute atomic E-state index is 14.0. The van der Waals surface area contributed by atoms with Crippen LogP contribution in [-0.2, 0) is 15.7 Å². The number of anilines is 1. The van der Waals surface area contributed by atoms with E-state index in [0.29, 0.717) is 20.9 Å². The molecule has 2 aromatic heterocycles. The highest BCUT2D eigenvalue weighted by atomic mass is 79.9. The molecule has 1 atom stereocenters. The Bertz CT molecular complexity index is 1440. The zero-order chi connectivity index (χ0) is 28.8. The normalized spacial score (nSPS) is 17.9. The molecule has 2 N–H and O–H groups in total. The van der Waals surface area contributed by atoms with Crippen molar-refractivity contribution in [1.29, 1.82) is 5.26 Å². The third-order valence-corrected chi connectivity index (χ3v) is 6.94. The monoisotopic (exact) mass is 608 g/mol. The summed E-state index contributed by atoms with van der Waals surface area (Å²) in [6, 6.07) is 4.59. The lowest BCUT2D eigenvalue weighted by Gasteiger charge is -2.38. The minimum Gasteiger partial charge on any atom is -0.444 e. The maximum atomic E-state index is 14.0. The first-order valence-electron chi connectivity index (χ1n) is 12.1. The van der Waals surface area contributed by atoms with Gasteiger partial charge in [0.25, 0.3) is 0 Å². The summed E-state index contributed by atoms with van der Waals surface area (Å²) < 4.78 is 53.8. The Morgan fingerprint density at radius 2 is 2.05 bits per heavy atom. The number of ether oxygens (including phenoxy) is 2. The van der Waals surface area contributed by atoms with Gasteiger partial charge in [0.05, 0.1) is 46.0 Å². The summed E-state index contributed by atoms with van der Waals surface area (Å²) in [6.45, 7) is 9.55. The summed E-state index contributed by atoms with van der Waals surface area (Å²) >= 11 is 3.34. The van der Waals surface area contributed by atoms with Crippen LogP contribution in [0.5, 0.6) is 0 Å². The number of H-pyrrole nitrogens is 1. The molecule has 3 aromatic rings. The second-order valence-electron chi connectivity index (χ2n) is 10.9. The molecule has 13 heteroatoms. The van der Waals surface area contributed by atoms with Crippen molar-refractivity contribution in [2.75, 3.05) is 25.1 Å². The van der Waals surface area contributed by atoms with E-state index in [1.54, 1.807) is 26.8 Å². The predicted molar refractivity (Wildman–Crippen MR) is 142 cm³/mol. The van der Waals surface area contributed by atoms with Crippen LogP contribution in [0.1, 0.15) is 45.7 Å². The molecule has 3 heterocycles. The van der Waals surface area contributed by atoms with Crippen molar-refractivity contribution in [2.45, 2.75) is 58.0 Å². The van der Waals surface area contributed by atoms with Gasteiger partial charge in [-0.05, 0) is 56.6 Å². The SMILES string of the molecule is CC(C)(C)OC(=O)N1CC(Nc2ncc(C(F)(F)F)c(-c3c[nH]c4c(Br)c(C#N)ccc34)n2)COCC1(C)C. The van der Waals surface area contributed by atoms with Crippen molar-refractivity contribution in [3.63, 3.8) is 0 Å². The van der Waals surface area contributed by atoms with Crippen LogP contribution in [0.25, 0.3) is 22.2 Å². The van der Waals surface area contributed by atoms with Crippen molar-refractivity contribution in [1.82, 2.24) is 19.9 Å². The van der Waals surface area contributed by atoms with Crippen molar-refractivity contribution in [2.24, 2.45) is 0 Å². The minimum absolute atomic E-state index is 0.0579. The van der Waals surface area contributed by atoms with Crippen LogP contribution in [0.4, 0.5) is 23.9 Å². The minimum atomic E-state index is -4.72. The Kier molecular flexibility index (Phi) is 7.57. The number of carbonyl (C=O) groups is 1. The van der Waals surface area contributed by atoms with Gasteiger partial charge in [-0.2, -0.15) is 18.4 Å². The van der Waals surface area contributed by atoms with Gasteiger partial charge < -0.3 is 19.8 Å². The van der Waals surface area contributed by atoms with Crippen LogP contribution in [0.15, 0.2) is 29.0 Å². The van der Waals surface area contributed by atoms with E-state index in [1.807, 2.05) is 19.9 Å². The number of carbonyl (C=O) groups excluding carboxylic acids is 1. The summed E-state index contributed by atoms with van der Waals surface area (Å²) in [7, 11) is 0. The number of hydrogen-bond donors (Lipinski definition) is 2. The van der Waals surface area contributed by atoms with Gasteiger partial charge in [0, 0.05) is 29.9 Å². The molecule has 0 spiro atoms. The Labute approximate surface area is 231 Å². The van der Waals surface area contributed by atoms with Gasteiger partial charge in [-0.1, -0.05) is 6.07 Å². The standard InChI is InChI=1S/C26H28BrF3N6O3/c1-24(2,3)39-23(37)36-11-15(12-38-13-25(36,4)5)34-22-33-10-18(26(28,29)30)20(35-22)17-9-32-21-16(17)7-6-14(8-31)19(21)27/h6-7,9-10,15,32H,11-13H2,1-5H3,(H,33,34,35). The number of nitrogens with one attached hydrogen (secondary N) is 2. The molecule has 0 radical (unpaired) electrons. The largest absolute Gasteiger partial charge is 0.444 e. The first kappa shape index (κ1) is 28.6. The summed E-state index contributed by atoms with van der Waals surface area (Å²) in [5, 5.41) is 12.8. The maximum Gasteiger partial charge on any atom is 0.419 e. The first-order valence-corrected chi connectivity index (χ1v) is 12.9. The highest BCUT2D eigenvalue weighted by molar-refractivity contribution is 9.10. The molecule has 1 amide bonds. The Balaban J connectivity index is 1.70. The predicted octanol–water partition coefficient (Wildman–Crippen LogP) is 6.10. The third kappa shape index (κ3) is 6.12. The third-order valence-electron chi connectivity index (χ3n) is 6.12. The Morgan fingerprint density at radius 3 is 2.69 bits per heavy atom. The van der Waals surface area contributed by atoms with Crippen LogP contribution in [0, 0.1) is 11.3 Å². The van der Waals surface area contributed by atoms with Crippen LogP contribution >= 0.6 is 15.9 Å².